The van der Waals surface area contributed by atoms with Gasteiger partial charge in [-0.05, 0) is 48.0 Å². The number of aromatic nitrogens is 2. The van der Waals surface area contributed by atoms with Crippen molar-refractivity contribution in [3.8, 4) is 11.5 Å². The predicted molar refractivity (Wildman–Crippen MR) is 114 cm³/mol. The maximum atomic E-state index is 13.7. The van der Waals surface area contributed by atoms with Crippen LogP contribution in [0.4, 0.5) is 29.1 Å². The molecule has 5 nitrogen and oxygen atoms in total. The number of rotatable bonds is 7. The highest BCUT2D eigenvalue weighted by Gasteiger charge is 2.38. The van der Waals surface area contributed by atoms with E-state index in [1.165, 1.54) is 12.4 Å². The van der Waals surface area contributed by atoms with Crippen molar-refractivity contribution < 1.29 is 27.0 Å². The zero-order valence-electron chi connectivity index (χ0n) is 16.4. The standard InChI is InChI=1S/C20H17BrClF4N3O2/c1-10-17-15(8-13(21)18(10)30-6-5-22)27-9-28-19(17)29-14-4-3-12(23)7-16(14)31-11(2)20(24,25)26/h3-4,7-9,11H,5-6H2,1-2H3,(H,27,28,29)/t11-/m1/s1. The maximum Gasteiger partial charge on any atom is 0.425 e. The van der Waals surface area contributed by atoms with Gasteiger partial charge in [0.1, 0.15) is 36.1 Å². The smallest absolute Gasteiger partial charge is 0.425 e. The van der Waals surface area contributed by atoms with Crippen molar-refractivity contribution in [3.63, 3.8) is 0 Å². The molecule has 0 fully saturated rings. The Morgan fingerprint density at radius 2 is 1.97 bits per heavy atom. The van der Waals surface area contributed by atoms with Gasteiger partial charge in [0.15, 0.2) is 6.10 Å². The Hall–Kier alpha value is -2.33. The third-order valence-corrected chi connectivity index (χ3v) is 5.10. The van der Waals surface area contributed by atoms with Crippen LogP contribution in [0.5, 0.6) is 11.5 Å². The first kappa shape index (κ1) is 23.3. The summed E-state index contributed by atoms with van der Waals surface area (Å²) in [5.74, 6) is 0.0759. The second-order valence-corrected chi connectivity index (χ2v) is 7.77. The van der Waals surface area contributed by atoms with Crippen LogP contribution in [0, 0.1) is 12.7 Å². The Balaban J connectivity index is 2.06. The Kier molecular flexibility index (Phi) is 7.10. The van der Waals surface area contributed by atoms with Gasteiger partial charge in [-0.25, -0.2) is 14.4 Å². The minimum absolute atomic E-state index is 0.114. The van der Waals surface area contributed by atoms with Gasteiger partial charge in [0, 0.05) is 17.0 Å². The largest absolute Gasteiger partial charge is 0.491 e. The number of anilines is 2. The molecule has 166 valence electrons. The van der Waals surface area contributed by atoms with Crippen molar-refractivity contribution in [1.29, 1.82) is 0 Å². The lowest BCUT2D eigenvalue weighted by Gasteiger charge is -2.21. The highest BCUT2D eigenvalue weighted by atomic mass is 79.9. The molecular weight excluding hydrogens is 506 g/mol. The first-order chi connectivity index (χ1) is 14.6. The van der Waals surface area contributed by atoms with E-state index < -0.39 is 18.1 Å². The molecule has 1 N–H and O–H groups in total. The van der Waals surface area contributed by atoms with Gasteiger partial charge < -0.3 is 14.8 Å². The summed E-state index contributed by atoms with van der Waals surface area (Å²) in [4.78, 5) is 8.46. The topological polar surface area (TPSA) is 56.3 Å². The fourth-order valence-corrected chi connectivity index (χ4v) is 3.56. The molecule has 3 aromatic rings. The lowest BCUT2D eigenvalue weighted by atomic mass is 10.1. The van der Waals surface area contributed by atoms with Crippen molar-refractivity contribution >= 4 is 49.9 Å². The lowest BCUT2D eigenvalue weighted by Crippen LogP contribution is -2.31. The molecule has 31 heavy (non-hydrogen) atoms. The summed E-state index contributed by atoms with van der Waals surface area (Å²) in [6.07, 6.45) is -5.44. The number of aryl methyl sites for hydroxylation is 1. The normalized spacial score (nSPS) is 12.6. The second-order valence-electron chi connectivity index (χ2n) is 6.53. The molecule has 0 radical (unpaired) electrons. The van der Waals surface area contributed by atoms with Gasteiger partial charge in [0.05, 0.1) is 21.6 Å². The summed E-state index contributed by atoms with van der Waals surface area (Å²) < 4.78 is 63.9. The third-order valence-electron chi connectivity index (χ3n) is 4.36. The van der Waals surface area contributed by atoms with Gasteiger partial charge in [-0.2, -0.15) is 13.2 Å². The Morgan fingerprint density at radius 3 is 2.65 bits per heavy atom. The molecule has 2 aromatic carbocycles. The Morgan fingerprint density at radius 1 is 1.23 bits per heavy atom. The molecule has 0 spiro atoms. The van der Waals surface area contributed by atoms with Crippen LogP contribution in [0.15, 0.2) is 35.1 Å². The summed E-state index contributed by atoms with van der Waals surface area (Å²) in [7, 11) is 0. The minimum Gasteiger partial charge on any atom is -0.491 e. The minimum atomic E-state index is -4.61. The van der Waals surface area contributed by atoms with Crippen LogP contribution in [-0.2, 0) is 0 Å². The fraction of sp³-hybridized carbons (Fsp3) is 0.300. The number of halogens is 6. The van der Waals surface area contributed by atoms with Crippen molar-refractivity contribution in [2.75, 3.05) is 17.8 Å². The quantitative estimate of drug-likeness (QED) is 0.282. The molecule has 0 aliphatic heterocycles. The number of nitrogens with zero attached hydrogens (tertiary/aromatic N) is 2. The van der Waals surface area contributed by atoms with E-state index in [-0.39, 0.29) is 23.9 Å². The number of fused-ring (bicyclic) bond motifs is 1. The van der Waals surface area contributed by atoms with Gasteiger partial charge in [-0.15, -0.1) is 11.6 Å². The van der Waals surface area contributed by atoms with Crippen LogP contribution in [0.2, 0.25) is 0 Å². The first-order valence-corrected chi connectivity index (χ1v) is 10.4. The van der Waals surface area contributed by atoms with Crippen LogP contribution >= 0.6 is 27.5 Å². The van der Waals surface area contributed by atoms with Crippen molar-refractivity contribution in [1.82, 2.24) is 9.97 Å². The molecule has 11 heteroatoms. The van der Waals surface area contributed by atoms with E-state index in [2.05, 4.69) is 31.2 Å². The molecular formula is C20H17BrClF4N3O2. The van der Waals surface area contributed by atoms with Gasteiger partial charge in [-0.1, -0.05) is 0 Å². The zero-order valence-corrected chi connectivity index (χ0v) is 18.7. The summed E-state index contributed by atoms with van der Waals surface area (Å²) in [6.45, 7) is 2.91. The zero-order chi connectivity index (χ0) is 22.8. The van der Waals surface area contributed by atoms with Crippen molar-refractivity contribution in [3.05, 3.63) is 46.4 Å². The van der Waals surface area contributed by atoms with E-state index in [4.69, 9.17) is 21.1 Å². The number of alkyl halides is 4. The summed E-state index contributed by atoms with van der Waals surface area (Å²) in [6, 6.07) is 5.00. The average Bonchev–Trinajstić information content (AvgIpc) is 2.69. The number of hydrogen-bond donors (Lipinski definition) is 1. The van der Waals surface area contributed by atoms with Crippen LogP contribution in [0.1, 0.15) is 12.5 Å². The van der Waals surface area contributed by atoms with E-state index in [0.717, 1.165) is 19.1 Å². The fourth-order valence-electron chi connectivity index (χ4n) is 2.85. The van der Waals surface area contributed by atoms with E-state index in [0.29, 0.717) is 32.5 Å². The van der Waals surface area contributed by atoms with Crippen LogP contribution in [0.3, 0.4) is 0 Å². The second kappa shape index (κ2) is 9.44. The first-order valence-electron chi connectivity index (χ1n) is 9.04. The number of hydrogen-bond acceptors (Lipinski definition) is 5. The van der Waals surface area contributed by atoms with Crippen LogP contribution in [-0.4, -0.2) is 34.7 Å². The van der Waals surface area contributed by atoms with Crippen molar-refractivity contribution in [2.24, 2.45) is 0 Å². The molecule has 0 aliphatic rings. The molecule has 0 amide bonds. The molecule has 0 unspecified atom stereocenters. The molecule has 0 bridgehead atoms. The van der Waals surface area contributed by atoms with E-state index in [1.54, 1.807) is 13.0 Å². The Labute approximate surface area is 188 Å². The molecule has 1 heterocycles. The highest BCUT2D eigenvalue weighted by Crippen LogP contribution is 2.39. The molecule has 0 aliphatic carbocycles. The van der Waals surface area contributed by atoms with E-state index >= 15 is 0 Å². The highest BCUT2D eigenvalue weighted by molar-refractivity contribution is 9.10. The van der Waals surface area contributed by atoms with Gasteiger partial charge in [0.25, 0.3) is 0 Å². The SMILES string of the molecule is Cc1c(OCCCl)c(Br)cc2ncnc(Nc3ccc(F)cc3O[C@H](C)C(F)(F)F)c12. The molecule has 3 rings (SSSR count). The third kappa shape index (κ3) is 5.30. The monoisotopic (exact) mass is 521 g/mol. The van der Waals surface area contributed by atoms with Gasteiger partial charge >= 0.3 is 6.18 Å². The van der Waals surface area contributed by atoms with Crippen LogP contribution < -0.4 is 14.8 Å². The number of benzene rings is 2. The lowest BCUT2D eigenvalue weighted by molar-refractivity contribution is -0.189. The Bertz CT molecular complexity index is 1100. The van der Waals surface area contributed by atoms with Gasteiger partial charge in [-0.3, -0.25) is 0 Å². The number of nitrogens with one attached hydrogen (secondary N) is 1. The van der Waals surface area contributed by atoms with Crippen LogP contribution in [0.25, 0.3) is 10.9 Å². The van der Waals surface area contributed by atoms with E-state index in [9.17, 15) is 17.6 Å². The molecule has 0 saturated carbocycles. The molecule has 1 atom stereocenters. The predicted octanol–water partition coefficient (Wildman–Crippen LogP) is 6.53. The summed E-state index contributed by atoms with van der Waals surface area (Å²) >= 11 is 9.15. The summed E-state index contributed by atoms with van der Waals surface area (Å²) in [5.41, 5.74) is 1.36. The maximum absolute atomic E-state index is 13.7. The van der Waals surface area contributed by atoms with Crippen molar-refractivity contribution in [2.45, 2.75) is 26.1 Å². The van der Waals surface area contributed by atoms with Gasteiger partial charge in [0.2, 0.25) is 0 Å². The summed E-state index contributed by atoms with van der Waals surface area (Å²) in [5, 5.41) is 3.51. The molecule has 1 aromatic heterocycles. The number of ether oxygens (including phenoxy) is 2. The van der Waals surface area contributed by atoms with E-state index in [1.807, 2.05) is 0 Å². The average molecular weight is 523 g/mol. The molecule has 0 saturated heterocycles.